The van der Waals surface area contributed by atoms with Crippen molar-refractivity contribution in [1.29, 1.82) is 0 Å². The fourth-order valence-electron chi connectivity index (χ4n) is 4.86. The van der Waals surface area contributed by atoms with Crippen LogP contribution < -0.4 is 0 Å². The third kappa shape index (κ3) is 5.46. The minimum absolute atomic E-state index is 0.0227. The van der Waals surface area contributed by atoms with E-state index < -0.39 is 30.0 Å². The number of methoxy groups -OCH3 is 4. The second-order valence-electron chi connectivity index (χ2n) is 9.15. The van der Waals surface area contributed by atoms with Gasteiger partial charge in [0.1, 0.15) is 0 Å². The minimum Gasteiger partial charge on any atom is -0.466 e. The molecule has 10 nitrogen and oxygen atoms in total. The maximum Gasteiger partial charge on any atom is 0.439 e. The van der Waals surface area contributed by atoms with Gasteiger partial charge >= 0.3 is 24.1 Å². The molecule has 42 heavy (non-hydrogen) atoms. The van der Waals surface area contributed by atoms with Crippen LogP contribution in [0.2, 0.25) is 0 Å². The Hall–Kier alpha value is -5.38. The molecular formula is C32H30N2O8. The fraction of sp³-hybridized carbons (Fsp3) is 0.188. The number of ether oxygens (including phenoxy) is 4. The van der Waals surface area contributed by atoms with E-state index in [0.717, 1.165) is 24.8 Å². The standard InChI is InChI=1S/C32H30N2O8/c1-20-16-18-21(19-17-20)24-25(29(35)39-2)27(22-12-8-6-9-13-22)33(34(31(37)41-4)32(38)42-5)28(26(24)30(36)40-3)23-14-10-7-11-15-23/h6-19,24H,1-5H3. The zero-order chi connectivity index (χ0) is 30.4. The molecule has 1 aliphatic heterocycles. The van der Waals surface area contributed by atoms with E-state index in [2.05, 4.69) is 0 Å². The van der Waals surface area contributed by atoms with Gasteiger partial charge in [0, 0.05) is 11.1 Å². The molecule has 216 valence electrons. The van der Waals surface area contributed by atoms with E-state index in [-0.39, 0.29) is 22.5 Å². The highest BCUT2D eigenvalue weighted by atomic mass is 16.6. The molecule has 1 heterocycles. The SMILES string of the molecule is COC(=O)C1=C(c2ccccc2)N(N(C(=O)OC)C(=O)OC)C(c2ccccc2)=C(C(=O)OC)C1c1ccc(C)cc1. The van der Waals surface area contributed by atoms with Crippen LogP contribution in [0.25, 0.3) is 11.4 Å². The van der Waals surface area contributed by atoms with Crippen molar-refractivity contribution in [2.75, 3.05) is 28.4 Å². The highest BCUT2D eigenvalue weighted by Gasteiger charge is 2.48. The number of amides is 2. The molecule has 0 saturated carbocycles. The number of rotatable bonds is 6. The quantitative estimate of drug-likeness (QED) is 0.287. The molecule has 1 aliphatic rings. The van der Waals surface area contributed by atoms with Gasteiger partial charge in [-0.2, -0.15) is 0 Å². The number of hydrogen-bond acceptors (Lipinski definition) is 9. The van der Waals surface area contributed by atoms with Gasteiger partial charge < -0.3 is 18.9 Å². The van der Waals surface area contributed by atoms with Gasteiger partial charge in [-0.15, -0.1) is 5.01 Å². The molecule has 0 aromatic heterocycles. The van der Waals surface area contributed by atoms with Crippen LogP contribution >= 0.6 is 0 Å². The van der Waals surface area contributed by atoms with Gasteiger partial charge in [0.15, 0.2) is 0 Å². The maximum absolute atomic E-state index is 13.8. The summed E-state index contributed by atoms with van der Waals surface area (Å²) in [6.45, 7) is 1.91. The van der Waals surface area contributed by atoms with Crippen molar-refractivity contribution in [3.63, 3.8) is 0 Å². The van der Waals surface area contributed by atoms with Gasteiger partial charge in [0.2, 0.25) is 0 Å². The Morgan fingerprint density at radius 1 is 0.595 bits per heavy atom. The van der Waals surface area contributed by atoms with Crippen molar-refractivity contribution in [3.05, 3.63) is 118 Å². The number of carbonyl (C=O) groups is 4. The first kappa shape index (κ1) is 29.6. The molecule has 3 aromatic carbocycles. The number of aryl methyl sites for hydroxylation is 1. The van der Waals surface area contributed by atoms with E-state index in [0.29, 0.717) is 21.7 Å². The predicted molar refractivity (Wildman–Crippen MR) is 153 cm³/mol. The Bertz CT molecular complexity index is 1450. The van der Waals surface area contributed by atoms with Crippen molar-refractivity contribution in [2.24, 2.45) is 0 Å². The van der Waals surface area contributed by atoms with Crippen molar-refractivity contribution in [2.45, 2.75) is 12.8 Å². The van der Waals surface area contributed by atoms with Crippen LogP contribution in [-0.4, -0.2) is 62.6 Å². The molecule has 0 atom stereocenters. The second-order valence-corrected chi connectivity index (χ2v) is 9.15. The minimum atomic E-state index is -1.13. The second kappa shape index (κ2) is 12.9. The Kier molecular flexibility index (Phi) is 9.06. The maximum atomic E-state index is 13.8. The molecule has 0 unspecified atom stereocenters. The summed E-state index contributed by atoms with van der Waals surface area (Å²) in [6.07, 6.45) is -2.27. The normalized spacial score (nSPS) is 13.4. The average Bonchev–Trinajstić information content (AvgIpc) is 3.04. The van der Waals surface area contributed by atoms with E-state index in [1.54, 1.807) is 72.8 Å². The summed E-state index contributed by atoms with van der Waals surface area (Å²) in [7, 11) is 4.61. The molecule has 0 N–H and O–H groups in total. The Morgan fingerprint density at radius 2 is 1.00 bits per heavy atom. The molecule has 0 spiro atoms. The summed E-state index contributed by atoms with van der Waals surface area (Å²) in [5, 5.41) is 1.74. The van der Waals surface area contributed by atoms with Crippen LogP contribution in [0.15, 0.2) is 96.1 Å². The van der Waals surface area contributed by atoms with Crippen molar-refractivity contribution in [1.82, 2.24) is 10.0 Å². The van der Waals surface area contributed by atoms with Crippen LogP contribution in [0.3, 0.4) is 0 Å². The molecule has 4 rings (SSSR count). The first-order chi connectivity index (χ1) is 20.3. The monoisotopic (exact) mass is 570 g/mol. The Morgan fingerprint density at radius 3 is 1.36 bits per heavy atom. The molecule has 10 heteroatoms. The fourth-order valence-corrected chi connectivity index (χ4v) is 4.86. The molecule has 0 radical (unpaired) electrons. The lowest BCUT2D eigenvalue weighted by Gasteiger charge is -2.42. The molecule has 0 fully saturated rings. The van der Waals surface area contributed by atoms with Crippen molar-refractivity contribution < 1.29 is 38.1 Å². The van der Waals surface area contributed by atoms with Crippen LogP contribution in [0, 0.1) is 6.92 Å². The summed E-state index contributed by atoms with van der Waals surface area (Å²) >= 11 is 0. The zero-order valence-electron chi connectivity index (χ0n) is 23.8. The molecule has 0 aliphatic carbocycles. The Balaban J connectivity index is 2.29. The largest absolute Gasteiger partial charge is 0.466 e. The third-order valence-corrected chi connectivity index (χ3v) is 6.72. The van der Waals surface area contributed by atoms with E-state index in [4.69, 9.17) is 18.9 Å². The number of benzene rings is 3. The first-order valence-corrected chi connectivity index (χ1v) is 12.9. The molecule has 3 aromatic rings. The summed E-state index contributed by atoms with van der Waals surface area (Å²) in [4.78, 5) is 54.3. The van der Waals surface area contributed by atoms with Gasteiger partial charge in [-0.1, -0.05) is 90.5 Å². The number of hydrazine groups is 1. The van der Waals surface area contributed by atoms with E-state index >= 15 is 0 Å². The first-order valence-electron chi connectivity index (χ1n) is 12.9. The number of carbonyl (C=O) groups excluding carboxylic acids is 4. The average molecular weight is 571 g/mol. The lowest BCUT2D eigenvalue weighted by Crippen LogP contribution is -2.51. The number of nitrogens with zero attached hydrogens (tertiary/aromatic N) is 2. The molecule has 0 saturated heterocycles. The van der Waals surface area contributed by atoms with Gasteiger partial charge in [0.05, 0.1) is 56.9 Å². The van der Waals surface area contributed by atoms with Crippen LogP contribution in [-0.2, 0) is 28.5 Å². The number of imide groups is 1. The summed E-state index contributed by atoms with van der Waals surface area (Å²) < 4.78 is 20.5. The van der Waals surface area contributed by atoms with Gasteiger partial charge in [-0.05, 0) is 12.5 Å². The topological polar surface area (TPSA) is 112 Å². The zero-order valence-corrected chi connectivity index (χ0v) is 23.8. The lowest BCUT2D eigenvalue weighted by molar-refractivity contribution is -0.137. The van der Waals surface area contributed by atoms with Gasteiger partial charge in [-0.3, -0.25) is 0 Å². The van der Waals surface area contributed by atoms with Crippen molar-refractivity contribution >= 4 is 35.5 Å². The highest BCUT2D eigenvalue weighted by Crippen LogP contribution is 2.49. The molecule has 2 amide bonds. The molecular weight excluding hydrogens is 540 g/mol. The predicted octanol–water partition coefficient (Wildman–Crippen LogP) is 5.31. The van der Waals surface area contributed by atoms with Crippen molar-refractivity contribution in [3.8, 4) is 0 Å². The van der Waals surface area contributed by atoms with Crippen LogP contribution in [0.4, 0.5) is 9.59 Å². The van der Waals surface area contributed by atoms with E-state index in [9.17, 15) is 19.2 Å². The highest BCUT2D eigenvalue weighted by molar-refractivity contribution is 6.11. The third-order valence-electron chi connectivity index (χ3n) is 6.72. The molecule has 0 bridgehead atoms. The number of hydrogen-bond donors (Lipinski definition) is 0. The van der Waals surface area contributed by atoms with Crippen LogP contribution in [0.5, 0.6) is 0 Å². The van der Waals surface area contributed by atoms with Gasteiger partial charge in [-0.25, -0.2) is 24.2 Å². The summed E-state index contributed by atoms with van der Waals surface area (Å²) in [5.74, 6) is -2.63. The summed E-state index contributed by atoms with van der Waals surface area (Å²) in [5.41, 5.74) is 2.54. The number of esters is 2. The van der Waals surface area contributed by atoms with Gasteiger partial charge in [0.25, 0.3) is 0 Å². The van der Waals surface area contributed by atoms with E-state index in [1.807, 2.05) is 19.1 Å². The van der Waals surface area contributed by atoms with Crippen LogP contribution in [0.1, 0.15) is 28.2 Å². The Labute approximate surface area is 243 Å². The summed E-state index contributed by atoms with van der Waals surface area (Å²) in [6, 6.07) is 24.6. The van der Waals surface area contributed by atoms with E-state index in [1.165, 1.54) is 14.2 Å². The smallest absolute Gasteiger partial charge is 0.439 e. The lowest BCUT2D eigenvalue weighted by atomic mass is 9.77.